The van der Waals surface area contributed by atoms with E-state index in [0.717, 1.165) is 72.8 Å². The summed E-state index contributed by atoms with van der Waals surface area (Å²) in [6, 6.07) is 15.7. The van der Waals surface area contributed by atoms with Crippen LogP contribution in [0.4, 0.5) is 0 Å². The van der Waals surface area contributed by atoms with Crippen molar-refractivity contribution in [3.8, 4) is 11.3 Å². The Morgan fingerprint density at radius 3 is 2.76 bits per heavy atom. The average Bonchev–Trinajstić information content (AvgIpc) is 3.45. The Bertz CT molecular complexity index is 1120. The van der Waals surface area contributed by atoms with Crippen LogP contribution in [0.3, 0.4) is 0 Å². The second kappa shape index (κ2) is 9.81. The molecule has 0 bridgehead atoms. The van der Waals surface area contributed by atoms with E-state index in [2.05, 4.69) is 27.0 Å². The summed E-state index contributed by atoms with van der Waals surface area (Å²) in [6.45, 7) is 7.23. The third-order valence-electron chi connectivity index (χ3n) is 6.34. The summed E-state index contributed by atoms with van der Waals surface area (Å²) in [6.07, 6.45) is 1.82. The van der Waals surface area contributed by atoms with Gasteiger partial charge in [-0.1, -0.05) is 23.7 Å². The molecule has 2 saturated heterocycles. The van der Waals surface area contributed by atoms with Gasteiger partial charge in [-0.25, -0.2) is 0 Å². The number of furan rings is 1. The van der Waals surface area contributed by atoms with Gasteiger partial charge < -0.3 is 19.4 Å². The summed E-state index contributed by atoms with van der Waals surface area (Å²) in [5, 5.41) is 4.91. The molecule has 1 N–H and O–H groups in total. The van der Waals surface area contributed by atoms with Crippen LogP contribution in [0.15, 0.2) is 59.1 Å². The highest BCUT2D eigenvalue weighted by Crippen LogP contribution is 2.40. The van der Waals surface area contributed by atoms with Crippen molar-refractivity contribution in [2.45, 2.75) is 19.0 Å². The van der Waals surface area contributed by atoms with Crippen LogP contribution in [0, 0.1) is 6.92 Å². The lowest BCUT2D eigenvalue weighted by atomic mass is 10.0. The minimum Gasteiger partial charge on any atom is -0.459 e. The summed E-state index contributed by atoms with van der Waals surface area (Å²) in [4.78, 5) is 9.26. The SMILES string of the molecule is Cc1ccc(Cl)cc1-c1ccc([C@@H]2[C@@H](c3ccccn3)NC(=S)N2CCN2CCOCC2)o1. The molecular formula is C25H27ClN4O2S. The van der Waals surface area contributed by atoms with E-state index in [0.29, 0.717) is 5.02 Å². The van der Waals surface area contributed by atoms with Gasteiger partial charge in [-0.15, -0.1) is 0 Å². The van der Waals surface area contributed by atoms with Crippen molar-refractivity contribution in [3.63, 3.8) is 0 Å². The Labute approximate surface area is 204 Å². The number of hydrogen-bond donors (Lipinski definition) is 1. The Hall–Kier alpha value is -2.45. The van der Waals surface area contributed by atoms with E-state index in [1.165, 1.54) is 0 Å². The molecule has 5 rings (SSSR count). The molecule has 33 heavy (non-hydrogen) atoms. The quantitative estimate of drug-likeness (QED) is 0.515. The highest BCUT2D eigenvalue weighted by atomic mass is 35.5. The van der Waals surface area contributed by atoms with Crippen LogP contribution in [-0.2, 0) is 4.74 Å². The maximum atomic E-state index is 6.45. The molecule has 3 aromatic rings. The smallest absolute Gasteiger partial charge is 0.170 e. The third-order valence-corrected chi connectivity index (χ3v) is 6.93. The van der Waals surface area contributed by atoms with E-state index in [1.807, 2.05) is 54.7 Å². The van der Waals surface area contributed by atoms with Crippen molar-refractivity contribution in [1.82, 2.24) is 20.1 Å². The number of nitrogens with zero attached hydrogens (tertiary/aromatic N) is 3. The fraction of sp³-hybridized carbons (Fsp3) is 0.360. The van der Waals surface area contributed by atoms with E-state index in [1.54, 1.807) is 0 Å². The standard InChI is InChI=1S/C25H27ClN4O2S/c1-17-5-6-18(26)16-19(17)21-7-8-22(32-21)24-23(20-4-2-3-9-27-20)28-25(33)30(24)11-10-29-12-14-31-15-13-29/h2-9,16,23-24H,10-15H2,1H3,(H,28,33)/t23-,24-/m1/s1. The Morgan fingerprint density at radius 1 is 1.12 bits per heavy atom. The molecule has 6 nitrogen and oxygen atoms in total. The molecule has 172 valence electrons. The number of thiocarbonyl (C=S) groups is 1. The van der Waals surface area contributed by atoms with Gasteiger partial charge in [0.1, 0.15) is 17.6 Å². The lowest BCUT2D eigenvalue weighted by molar-refractivity contribution is 0.0347. The second-order valence-corrected chi connectivity index (χ2v) is 9.26. The summed E-state index contributed by atoms with van der Waals surface area (Å²) in [7, 11) is 0. The molecule has 0 unspecified atom stereocenters. The van der Waals surface area contributed by atoms with Crippen LogP contribution in [0.1, 0.15) is 29.1 Å². The van der Waals surface area contributed by atoms with Crippen LogP contribution in [-0.4, -0.2) is 59.3 Å². The number of benzene rings is 1. The molecule has 2 aromatic heterocycles. The molecule has 4 heterocycles. The monoisotopic (exact) mass is 482 g/mol. The molecule has 1 aromatic carbocycles. The summed E-state index contributed by atoms with van der Waals surface area (Å²) >= 11 is 12.0. The number of halogens is 1. The summed E-state index contributed by atoms with van der Waals surface area (Å²) < 4.78 is 11.9. The average molecular weight is 483 g/mol. The fourth-order valence-corrected chi connectivity index (χ4v) is 5.05. The van der Waals surface area contributed by atoms with Gasteiger partial charge in [-0.2, -0.15) is 0 Å². The van der Waals surface area contributed by atoms with Crippen LogP contribution in [0.5, 0.6) is 0 Å². The van der Waals surface area contributed by atoms with Crippen molar-refractivity contribution >= 4 is 28.9 Å². The highest BCUT2D eigenvalue weighted by molar-refractivity contribution is 7.80. The van der Waals surface area contributed by atoms with Crippen molar-refractivity contribution in [2.75, 3.05) is 39.4 Å². The highest BCUT2D eigenvalue weighted by Gasteiger charge is 2.41. The molecule has 2 aliphatic heterocycles. The molecule has 2 fully saturated rings. The van der Waals surface area contributed by atoms with E-state index in [-0.39, 0.29) is 12.1 Å². The van der Waals surface area contributed by atoms with E-state index >= 15 is 0 Å². The lowest BCUT2D eigenvalue weighted by Crippen LogP contribution is -2.42. The van der Waals surface area contributed by atoms with Gasteiger partial charge in [-0.05, 0) is 61.1 Å². The maximum Gasteiger partial charge on any atom is 0.170 e. The fourth-order valence-electron chi connectivity index (χ4n) is 4.55. The minimum absolute atomic E-state index is 0.0946. The van der Waals surface area contributed by atoms with Crippen molar-refractivity contribution in [1.29, 1.82) is 0 Å². The van der Waals surface area contributed by atoms with Crippen molar-refractivity contribution in [3.05, 3.63) is 76.8 Å². The number of ether oxygens (including phenoxy) is 1. The van der Waals surface area contributed by atoms with Gasteiger partial charge in [-0.3, -0.25) is 9.88 Å². The van der Waals surface area contributed by atoms with Crippen LogP contribution < -0.4 is 5.32 Å². The second-order valence-electron chi connectivity index (χ2n) is 8.44. The number of rotatable bonds is 6. The number of nitrogens with one attached hydrogen (secondary N) is 1. The molecule has 2 aliphatic rings. The zero-order valence-corrected chi connectivity index (χ0v) is 20.1. The molecule has 2 atom stereocenters. The minimum atomic E-state index is -0.0957. The summed E-state index contributed by atoms with van der Waals surface area (Å²) in [5.74, 6) is 1.66. The first-order valence-electron chi connectivity index (χ1n) is 11.2. The Kier molecular flexibility index (Phi) is 6.64. The molecule has 0 radical (unpaired) electrons. The zero-order chi connectivity index (χ0) is 22.8. The van der Waals surface area contributed by atoms with Gasteiger partial charge >= 0.3 is 0 Å². The van der Waals surface area contributed by atoms with E-state index < -0.39 is 0 Å². The first-order valence-corrected chi connectivity index (χ1v) is 12.0. The zero-order valence-electron chi connectivity index (χ0n) is 18.5. The molecule has 8 heteroatoms. The Morgan fingerprint density at radius 2 is 1.97 bits per heavy atom. The number of pyridine rings is 1. The summed E-state index contributed by atoms with van der Waals surface area (Å²) in [5.41, 5.74) is 3.05. The normalized spacial score (nSPS) is 21.4. The predicted molar refractivity (Wildman–Crippen MR) is 133 cm³/mol. The molecule has 0 saturated carbocycles. The van der Waals surface area contributed by atoms with Gasteiger partial charge in [0.15, 0.2) is 5.11 Å². The van der Waals surface area contributed by atoms with Crippen LogP contribution in [0.25, 0.3) is 11.3 Å². The molecule has 0 spiro atoms. The molecule has 0 aliphatic carbocycles. The topological polar surface area (TPSA) is 53.8 Å². The largest absolute Gasteiger partial charge is 0.459 e. The van der Waals surface area contributed by atoms with Crippen molar-refractivity contribution in [2.24, 2.45) is 0 Å². The molecule has 0 amide bonds. The number of hydrogen-bond acceptors (Lipinski definition) is 5. The number of morpholine rings is 1. The van der Waals surface area contributed by atoms with Crippen molar-refractivity contribution < 1.29 is 9.15 Å². The van der Waals surface area contributed by atoms with E-state index in [9.17, 15) is 0 Å². The van der Waals surface area contributed by atoms with Gasteiger partial charge in [0.2, 0.25) is 0 Å². The van der Waals surface area contributed by atoms with Crippen LogP contribution in [0.2, 0.25) is 5.02 Å². The first kappa shape index (κ1) is 22.3. The lowest BCUT2D eigenvalue weighted by Gasteiger charge is -2.31. The van der Waals surface area contributed by atoms with Gasteiger partial charge in [0.25, 0.3) is 0 Å². The van der Waals surface area contributed by atoms with E-state index in [4.69, 9.17) is 33.0 Å². The van der Waals surface area contributed by atoms with Crippen LogP contribution >= 0.6 is 23.8 Å². The third kappa shape index (κ3) is 4.77. The predicted octanol–water partition coefficient (Wildman–Crippen LogP) is 4.61. The Balaban J connectivity index is 1.46. The number of aryl methyl sites for hydroxylation is 1. The molecular weight excluding hydrogens is 456 g/mol. The van der Waals surface area contributed by atoms with Gasteiger partial charge in [0.05, 0.1) is 24.9 Å². The van der Waals surface area contributed by atoms with Gasteiger partial charge in [0, 0.05) is 43.0 Å². The first-order chi connectivity index (χ1) is 16.1. The maximum absolute atomic E-state index is 6.45. The number of aromatic nitrogens is 1.